The van der Waals surface area contributed by atoms with Crippen LogP contribution in [0.15, 0.2) is 0 Å². The Labute approximate surface area is 159 Å². The minimum Gasteiger partial charge on any atom is -0.456 e. The standard InChI is InChI=1S/C13H19BrO11S/c1-6(15)23-10(9(18)5-22-26(4,20)21)11(24-7(2)16)12(13(14)19)25-8(3)17/h9-12,18H,5H2,1-4H3/t9-,10+,11+,12-/m1/s1/i4D. The summed E-state index contributed by atoms with van der Waals surface area (Å²) in [7, 11) is -4.28. The molecule has 26 heavy (non-hydrogen) atoms. The maximum absolute atomic E-state index is 11.8. The molecule has 150 valence electrons. The molecule has 0 spiro atoms. The predicted octanol–water partition coefficient (Wildman–Crippen LogP) is -0.960. The van der Waals surface area contributed by atoms with E-state index in [1.807, 2.05) is 0 Å². The van der Waals surface area contributed by atoms with Gasteiger partial charge in [-0.15, -0.1) is 0 Å². The van der Waals surface area contributed by atoms with Crippen LogP contribution in [0.25, 0.3) is 0 Å². The lowest BCUT2D eigenvalue weighted by atomic mass is 10.0. The second-order valence-corrected chi connectivity index (χ2v) is 7.02. The van der Waals surface area contributed by atoms with Crippen molar-refractivity contribution in [2.24, 2.45) is 0 Å². The van der Waals surface area contributed by atoms with Gasteiger partial charge >= 0.3 is 17.9 Å². The smallest absolute Gasteiger partial charge is 0.303 e. The number of aliphatic hydroxyl groups is 1. The average Bonchev–Trinajstić information content (AvgIpc) is 2.53. The predicted molar refractivity (Wildman–Crippen MR) is 87.4 cm³/mol. The van der Waals surface area contributed by atoms with Crippen molar-refractivity contribution in [3.05, 3.63) is 0 Å². The third-order valence-corrected chi connectivity index (χ3v) is 3.49. The molecule has 0 aliphatic rings. The van der Waals surface area contributed by atoms with E-state index >= 15 is 0 Å². The Hall–Kier alpha value is -1.57. The lowest BCUT2D eigenvalue weighted by Gasteiger charge is -2.32. The van der Waals surface area contributed by atoms with Crippen LogP contribution in [0.2, 0.25) is 0 Å². The lowest BCUT2D eigenvalue weighted by molar-refractivity contribution is -0.193. The summed E-state index contributed by atoms with van der Waals surface area (Å²) in [5.74, 6) is -2.91. The van der Waals surface area contributed by atoms with Gasteiger partial charge in [0.15, 0.2) is 12.2 Å². The molecule has 0 rings (SSSR count). The quantitative estimate of drug-likeness (QED) is 0.184. The van der Waals surface area contributed by atoms with Crippen molar-refractivity contribution < 1.29 is 52.5 Å². The zero-order valence-corrected chi connectivity index (χ0v) is 16.4. The van der Waals surface area contributed by atoms with Crippen LogP contribution >= 0.6 is 15.9 Å². The van der Waals surface area contributed by atoms with Crippen LogP contribution < -0.4 is 0 Å². The molecule has 0 unspecified atom stereocenters. The number of halogens is 1. The zero-order valence-electron chi connectivity index (χ0n) is 15.0. The first-order chi connectivity index (χ1) is 12.3. The highest BCUT2D eigenvalue weighted by atomic mass is 79.9. The lowest BCUT2D eigenvalue weighted by Crippen LogP contribution is -2.53. The Balaban J connectivity index is 5.83. The number of rotatable bonds is 10. The fraction of sp³-hybridized carbons (Fsp3) is 0.692. The molecule has 4 atom stereocenters. The number of hydrogen-bond acceptors (Lipinski definition) is 11. The Morgan fingerprint density at radius 1 is 1.00 bits per heavy atom. The fourth-order valence-electron chi connectivity index (χ4n) is 1.74. The van der Waals surface area contributed by atoms with Crippen LogP contribution in [0.3, 0.4) is 0 Å². The highest BCUT2D eigenvalue weighted by Crippen LogP contribution is 2.20. The third kappa shape index (κ3) is 9.79. The summed E-state index contributed by atoms with van der Waals surface area (Å²) in [6, 6.07) is 0. The Morgan fingerprint density at radius 3 is 1.85 bits per heavy atom. The average molecular weight is 464 g/mol. The van der Waals surface area contributed by atoms with Gasteiger partial charge in [0.2, 0.25) is 10.8 Å². The van der Waals surface area contributed by atoms with Gasteiger partial charge in [-0.1, -0.05) is 0 Å². The Bertz CT molecular complexity index is 665. The molecule has 0 radical (unpaired) electrons. The van der Waals surface area contributed by atoms with Gasteiger partial charge < -0.3 is 19.3 Å². The van der Waals surface area contributed by atoms with E-state index in [1.165, 1.54) is 0 Å². The summed E-state index contributed by atoms with van der Waals surface area (Å²) >= 11 is 2.54. The first kappa shape index (κ1) is 22.5. The van der Waals surface area contributed by atoms with Crippen LogP contribution in [0.4, 0.5) is 0 Å². The molecular weight excluding hydrogens is 444 g/mol. The second-order valence-electron chi connectivity index (χ2n) is 4.89. The van der Waals surface area contributed by atoms with E-state index in [9.17, 15) is 32.7 Å². The van der Waals surface area contributed by atoms with E-state index in [1.54, 1.807) is 0 Å². The summed E-state index contributed by atoms with van der Waals surface area (Å²) in [4.78, 5) is 45.7. The van der Waals surface area contributed by atoms with Crippen LogP contribution in [0.5, 0.6) is 0 Å². The summed E-state index contributed by atoms with van der Waals surface area (Å²) in [6.07, 6.45) is -8.54. The maximum atomic E-state index is 11.8. The maximum Gasteiger partial charge on any atom is 0.303 e. The topological polar surface area (TPSA) is 160 Å². The molecule has 0 fully saturated rings. The van der Waals surface area contributed by atoms with Gasteiger partial charge in [0.05, 0.1) is 12.8 Å². The summed E-state index contributed by atoms with van der Waals surface area (Å²) in [6.45, 7) is 1.84. The van der Waals surface area contributed by atoms with Gasteiger partial charge in [-0.05, 0) is 15.9 Å². The van der Waals surface area contributed by atoms with Crippen LogP contribution in [0, 0.1) is 0 Å². The van der Waals surface area contributed by atoms with Crippen molar-refractivity contribution in [3.63, 3.8) is 0 Å². The summed E-state index contributed by atoms with van der Waals surface area (Å²) in [5, 5.41) is 10.2. The van der Waals surface area contributed by atoms with Crippen molar-refractivity contribution in [1.29, 1.82) is 0 Å². The third-order valence-electron chi connectivity index (χ3n) is 2.54. The second kappa shape index (κ2) is 10.5. The minimum absolute atomic E-state index is 0.933. The molecule has 0 aliphatic heterocycles. The van der Waals surface area contributed by atoms with Gasteiger partial charge in [0.25, 0.3) is 10.1 Å². The molecule has 0 saturated carbocycles. The molecule has 0 aromatic carbocycles. The molecule has 0 saturated heterocycles. The molecule has 0 amide bonds. The minimum atomic E-state index is -4.28. The summed E-state index contributed by atoms with van der Waals surface area (Å²) < 4.78 is 47.1. The van der Waals surface area contributed by atoms with Gasteiger partial charge in [0, 0.05) is 22.1 Å². The monoisotopic (exact) mass is 463 g/mol. The number of aliphatic hydroxyl groups excluding tert-OH is 1. The highest BCUT2D eigenvalue weighted by Gasteiger charge is 2.44. The number of ether oxygens (including phenoxy) is 3. The first-order valence-corrected chi connectivity index (χ1v) is 9.23. The van der Waals surface area contributed by atoms with E-state index in [0.717, 1.165) is 20.8 Å². The van der Waals surface area contributed by atoms with Gasteiger partial charge in [-0.25, -0.2) is 0 Å². The normalized spacial score (nSPS) is 16.4. The van der Waals surface area contributed by atoms with Crippen LogP contribution in [-0.2, 0) is 47.7 Å². The molecule has 0 heterocycles. The van der Waals surface area contributed by atoms with Crippen molar-refractivity contribution >= 4 is 48.6 Å². The largest absolute Gasteiger partial charge is 0.456 e. The molecule has 0 aromatic heterocycles. The molecule has 0 aliphatic carbocycles. The van der Waals surface area contributed by atoms with E-state index in [2.05, 4.69) is 20.1 Å². The zero-order chi connectivity index (χ0) is 21.4. The van der Waals surface area contributed by atoms with Gasteiger partial charge in [-0.2, -0.15) is 8.42 Å². The van der Waals surface area contributed by atoms with E-state index < -0.39 is 70.0 Å². The molecule has 11 nitrogen and oxygen atoms in total. The van der Waals surface area contributed by atoms with Crippen molar-refractivity contribution in [2.75, 3.05) is 12.8 Å². The van der Waals surface area contributed by atoms with E-state index in [-0.39, 0.29) is 0 Å². The number of carbonyl (C=O) groups is 4. The fourth-order valence-corrected chi connectivity index (χ4v) is 2.44. The molecule has 0 aromatic rings. The van der Waals surface area contributed by atoms with Crippen molar-refractivity contribution in [2.45, 2.75) is 45.2 Å². The first-order valence-electron chi connectivity index (χ1n) is 7.56. The molecular formula is C13H19BrO11S. The summed E-state index contributed by atoms with van der Waals surface area (Å²) in [5.41, 5.74) is 0. The molecule has 0 bridgehead atoms. The van der Waals surface area contributed by atoms with Crippen molar-refractivity contribution in [1.82, 2.24) is 0 Å². The molecule has 13 heteroatoms. The number of carbonyl (C=O) groups excluding carboxylic acids is 4. The Morgan fingerprint density at radius 2 is 1.46 bits per heavy atom. The van der Waals surface area contributed by atoms with E-state index in [0.29, 0.717) is 0 Å². The SMILES string of the molecule is [2H]CS(=O)(=O)OC[C@@H](O)[C@H](OC(C)=O)[C@H](OC(C)=O)[C@@H](OC(C)=O)C(=O)Br. The number of hydrogen-bond donors (Lipinski definition) is 1. The number of esters is 3. The van der Waals surface area contributed by atoms with Crippen LogP contribution in [-0.4, -0.2) is 73.4 Å². The highest BCUT2D eigenvalue weighted by molar-refractivity contribution is 9.18. The van der Waals surface area contributed by atoms with Crippen molar-refractivity contribution in [3.8, 4) is 0 Å². The van der Waals surface area contributed by atoms with E-state index in [4.69, 9.17) is 15.6 Å². The molecule has 1 N–H and O–H groups in total. The van der Waals surface area contributed by atoms with Gasteiger partial charge in [0.1, 0.15) is 6.10 Å². The Kier molecular flexibility index (Phi) is 9.12. The van der Waals surface area contributed by atoms with Gasteiger partial charge in [-0.3, -0.25) is 23.4 Å². The van der Waals surface area contributed by atoms with Crippen LogP contribution in [0.1, 0.15) is 22.1 Å².